The zero-order valence-corrected chi connectivity index (χ0v) is 17.1. The first-order valence-electron chi connectivity index (χ1n) is 10.0. The lowest BCUT2D eigenvalue weighted by Crippen LogP contribution is -2.19. The summed E-state index contributed by atoms with van der Waals surface area (Å²) in [6.07, 6.45) is 7.60. The Kier molecular flexibility index (Phi) is 7.28. The van der Waals surface area contributed by atoms with Crippen LogP contribution in [0.3, 0.4) is 0 Å². The van der Waals surface area contributed by atoms with Crippen molar-refractivity contribution < 1.29 is 23.1 Å². The second kappa shape index (κ2) is 10.1. The number of carbonyl (C=O) groups is 2. The molecule has 1 aliphatic rings. The van der Waals surface area contributed by atoms with Crippen molar-refractivity contribution in [2.75, 3.05) is 7.11 Å². The molecular weight excluding hydrogens is 404 g/mol. The average molecular weight is 427 g/mol. The minimum absolute atomic E-state index is 0.0546. The van der Waals surface area contributed by atoms with Crippen LogP contribution in [0.25, 0.3) is 0 Å². The number of hydrogen-bond acceptors (Lipinski definition) is 4. The Bertz CT molecular complexity index is 1100. The third-order valence-corrected chi connectivity index (χ3v) is 5.22. The number of esters is 1. The minimum atomic E-state index is -0.575. The van der Waals surface area contributed by atoms with E-state index in [1.165, 1.54) is 36.1 Å². The summed E-state index contributed by atoms with van der Waals surface area (Å²) in [5.74, 6) is -1.91. The molecule has 7 heteroatoms. The van der Waals surface area contributed by atoms with Gasteiger partial charge in [-0.25, -0.2) is 13.6 Å². The van der Waals surface area contributed by atoms with Crippen LogP contribution in [0.2, 0.25) is 0 Å². The van der Waals surface area contributed by atoms with Gasteiger partial charge in [0.2, 0.25) is 0 Å². The maximum atomic E-state index is 14.5. The summed E-state index contributed by atoms with van der Waals surface area (Å²) in [5.41, 5.74) is 0.354. The zero-order valence-electron chi connectivity index (χ0n) is 17.1. The van der Waals surface area contributed by atoms with E-state index in [-0.39, 0.29) is 47.8 Å². The zero-order chi connectivity index (χ0) is 22.4. The Hall–Kier alpha value is -3.35. The molecule has 1 aromatic heterocycles. The Morgan fingerprint density at radius 3 is 2.61 bits per heavy atom. The topological polar surface area (TPSA) is 65.4 Å². The van der Waals surface area contributed by atoms with Crippen LogP contribution in [0.15, 0.2) is 65.1 Å². The highest BCUT2D eigenvalue weighted by molar-refractivity contribution is 5.97. The van der Waals surface area contributed by atoms with E-state index in [4.69, 9.17) is 4.74 Å². The molecule has 31 heavy (non-hydrogen) atoms. The van der Waals surface area contributed by atoms with Crippen molar-refractivity contribution in [1.29, 1.82) is 0 Å². The van der Waals surface area contributed by atoms with Crippen molar-refractivity contribution in [3.8, 4) is 0 Å². The Morgan fingerprint density at radius 2 is 1.87 bits per heavy atom. The quantitative estimate of drug-likeness (QED) is 0.632. The van der Waals surface area contributed by atoms with Gasteiger partial charge < -0.3 is 9.30 Å². The number of benzene rings is 1. The molecule has 1 heterocycles. The molecule has 162 valence electrons. The van der Waals surface area contributed by atoms with E-state index in [1.807, 2.05) is 0 Å². The van der Waals surface area contributed by atoms with Gasteiger partial charge in [-0.1, -0.05) is 12.1 Å². The number of ketones is 1. The second-order valence-electron chi connectivity index (χ2n) is 7.47. The van der Waals surface area contributed by atoms with Gasteiger partial charge in [0.1, 0.15) is 11.6 Å². The van der Waals surface area contributed by atoms with Crippen LogP contribution < -0.4 is 5.56 Å². The van der Waals surface area contributed by atoms with Gasteiger partial charge in [0, 0.05) is 24.2 Å². The van der Waals surface area contributed by atoms with Crippen molar-refractivity contribution >= 4 is 11.8 Å². The fourth-order valence-corrected chi connectivity index (χ4v) is 3.59. The summed E-state index contributed by atoms with van der Waals surface area (Å²) in [7, 11) is 1.27. The van der Waals surface area contributed by atoms with E-state index in [0.717, 1.165) is 12.1 Å². The second-order valence-corrected chi connectivity index (χ2v) is 7.47. The fraction of sp³-hybridized carbons (Fsp3) is 0.292. The maximum absolute atomic E-state index is 14.5. The highest BCUT2D eigenvalue weighted by Crippen LogP contribution is 2.23. The van der Waals surface area contributed by atoms with Crippen LogP contribution in [0.1, 0.15) is 30.4 Å². The number of ether oxygens (including phenoxy) is 1. The van der Waals surface area contributed by atoms with Crippen molar-refractivity contribution in [2.24, 2.45) is 5.92 Å². The first-order valence-corrected chi connectivity index (χ1v) is 10.0. The lowest BCUT2D eigenvalue weighted by Gasteiger charge is -2.12. The van der Waals surface area contributed by atoms with Crippen molar-refractivity contribution in [1.82, 2.24) is 4.57 Å². The van der Waals surface area contributed by atoms with E-state index < -0.39 is 17.6 Å². The molecule has 3 rings (SSSR count). The molecule has 0 N–H and O–H groups in total. The van der Waals surface area contributed by atoms with Crippen molar-refractivity contribution in [2.45, 2.75) is 32.2 Å². The number of methoxy groups -OCH3 is 1. The maximum Gasteiger partial charge on any atom is 0.337 e. The van der Waals surface area contributed by atoms with Gasteiger partial charge in [-0.2, -0.15) is 0 Å². The van der Waals surface area contributed by atoms with E-state index in [9.17, 15) is 23.2 Å². The molecule has 0 saturated heterocycles. The van der Waals surface area contributed by atoms with Crippen LogP contribution in [-0.2, 0) is 27.3 Å². The summed E-state index contributed by atoms with van der Waals surface area (Å²) >= 11 is 0. The molecule has 0 spiro atoms. The summed E-state index contributed by atoms with van der Waals surface area (Å²) in [6, 6.07) is 6.88. The van der Waals surface area contributed by atoms with Crippen LogP contribution >= 0.6 is 0 Å². The van der Waals surface area contributed by atoms with Gasteiger partial charge in [0.05, 0.1) is 19.2 Å². The highest BCUT2D eigenvalue weighted by Gasteiger charge is 2.18. The molecule has 5 nitrogen and oxygen atoms in total. The number of hydrogen-bond donors (Lipinski definition) is 0. The molecular formula is C24H23F2NO4. The fourth-order valence-electron chi connectivity index (χ4n) is 3.59. The largest absolute Gasteiger partial charge is 0.465 e. The molecule has 0 fully saturated rings. The van der Waals surface area contributed by atoms with E-state index in [1.54, 1.807) is 18.2 Å². The SMILES string of the molecule is COC(=O)C1=CC(CCCc2cc(F)c(Cn3ccccc3=O)cc2F)CC(=O)C=C1. The first-order chi connectivity index (χ1) is 14.9. The molecule has 1 unspecified atom stereocenters. The van der Waals surface area contributed by atoms with Crippen LogP contribution in [-0.4, -0.2) is 23.4 Å². The minimum Gasteiger partial charge on any atom is -0.465 e. The highest BCUT2D eigenvalue weighted by atomic mass is 19.1. The van der Waals surface area contributed by atoms with Crippen molar-refractivity contribution in [3.05, 3.63) is 93.4 Å². The molecule has 1 aromatic carbocycles. The van der Waals surface area contributed by atoms with Gasteiger partial charge in [0.25, 0.3) is 5.56 Å². The molecule has 1 aliphatic carbocycles. The van der Waals surface area contributed by atoms with E-state index in [0.29, 0.717) is 18.4 Å². The summed E-state index contributed by atoms with van der Waals surface area (Å²) in [5, 5.41) is 0. The third-order valence-electron chi connectivity index (χ3n) is 5.22. The number of allylic oxidation sites excluding steroid dienone is 2. The predicted octanol–water partition coefficient (Wildman–Crippen LogP) is 3.74. The number of pyridine rings is 1. The number of aryl methyl sites for hydroxylation is 1. The van der Waals surface area contributed by atoms with Gasteiger partial charge in [0.15, 0.2) is 5.78 Å². The lowest BCUT2D eigenvalue weighted by atomic mass is 9.94. The molecule has 2 aromatic rings. The average Bonchev–Trinajstić information content (AvgIpc) is 2.93. The van der Waals surface area contributed by atoms with Gasteiger partial charge in [-0.15, -0.1) is 0 Å². The van der Waals surface area contributed by atoms with E-state index >= 15 is 0 Å². The Labute approximate surface area is 178 Å². The van der Waals surface area contributed by atoms with Crippen LogP contribution in [0.4, 0.5) is 8.78 Å². The molecule has 0 saturated carbocycles. The van der Waals surface area contributed by atoms with E-state index in [2.05, 4.69) is 0 Å². The van der Waals surface area contributed by atoms with Gasteiger partial charge >= 0.3 is 5.97 Å². The Morgan fingerprint density at radius 1 is 1.13 bits per heavy atom. The molecule has 0 radical (unpaired) electrons. The Balaban J connectivity index is 1.66. The summed E-state index contributed by atoms with van der Waals surface area (Å²) in [6.45, 7) is -0.0546. The lowest BCUT2D eigenvalue weighted by molar-refractivity contribution is -0.135. The standard InChI is InChI=1S/C24H23F2NO4/c1-31-24(30)18-8-9-20(28)12-16(11-18)5-4-6-17-13-22(26)19(14-21(17)25)15-27-10-3-2-7-23(27)29/h2-3,7-11,13-14,16H,4-6,12,15H2,1H3. The van der Waals surface area contributed by atoms with Gasteiger partial charge in [-0.05, 0) is 61.1 Å². The molecule has 0 amide bonds. The monoisotopic (exact) mass is 427 g/mol. The molecule has 1 atom stereocenters. The number of aromatic nitrogens is 1. The predicted molar refractivity (Wildman–Crippen MR) is 111 cm³/mol. The van der Waals surface area contributed by atoms with Crippen LogP contribution in [0, 0.1) is 17.6 Å². The van der Waals surface area contributed by atoms with Crippen LogP contribution in [0.5, 0.6) is 0 Å². The first kappa shape index (κ1) is 22.3. The van der Waals surface area contributed by atoms with Crippen molar-refractivity contribution in [3.63, 3.8) is 0 Å². The smallest absolute Gasteiger partial charge is 0.337 e. The normalized spacial score (nSPS) is 16.0. The number of rotatable bonds is 7. The number of carbonyl (C=O) groups excluding carboxylic acids is 2. The molecule has 0 aliphatic heterocycles. The number of halogens is 2. The summed E-state index contributed by atoms with van der Waals surface area (Å²) < 4.78 is 35.1. The third kappa shape index (κ3) is 5.84. The molecule has 0 bridgehead atoms. The summed E-state index contributed by atoms with van der Waals surface area (Å²) in [4.78, 5) is 35.4. The van der Waals surface area contributed by atoms with Gasteiger partial charge in [-0.3, -0.25) is 9.59 Å². The number of nitrogens with zero attached hydrogens (tertiary/aromatic N) is 1.